The lowest BCUT2D eigenvalue weighted by molar-refractivity contribution is -0.00691. The minimum Gasteiger partial charge on any atom is -0.379 e. The van der Waals surface area contributed by atoms with E-state index in [1.165, 1.54) is 0 Å². The first-order chi connectivity index (χ1) is 13.2. The molecule has 0 fully saturated rings. The van der Waals surface area contributed by atoms with Crippen molar-refractivity contribution in [2.75, 3.05) is 0 Å². The zero-order valence-electron chi connectivity index (χ0n) is 14.4. The second-order valence-corrected chi connectivity index (χ2v) is 7.41. The summed E-state index contributed by atoms with van der Waals surface area (Å²) in [7, 11) is 0. The summed E-state index contributed by atoms with van der Waals surface area (Å²) in [4.78, 5) is 19.4. The highest BCUT2D eigenvalue weighted by molar-refractivity contribution is 6.30. The minimum absolute atomic E-state index is 0.000309. The number of carbonyl (C=O) groups is 1. The molecular formula is C23H16ClNO2. The first-order valence-electron chi connectivity index (χ1n) is 8.89. The molecule has 0 amide bonds. The molecule has 0 saturated carbocycles. The van der Waals surface area contributed by atoms with Gasteiger partial charge in [0.1, 0.15) is 0 Å². The molecule has 1 aliphatic heterocycles. The number of nitrogens with zero attached hydrogens (tertiary/aromatic N) is 1. The monoisotopic (exact) mass is 373 g/mol. The smallest absolute Gasteiger partial charge is 0.216 e. The van der Waals surface area contributed by atoms with Gasteiger partial charge in [-0.2, -0.15) is 0 Å². The quantitative estimate of drug-likeness (QED) is 0.631. The molecule has 5 rings (SSSR count). The van der Waals surface area contributed by atoms with Crippen molar-refractivity contribution in [3.8, 4) is 0 Å². The number of oxime groups is 1. The van der Waals surface area contributed by atoms with Crippen LogP contribution in [0.25, 0.3) is 0 Å². The van der Waals surface area contributed by atoms with E-state index in [9.17, 15) is 4.79 Å². The molecule has 0 N–H and O–H groups in total. The number of carbonyl (C=O) groups excluding carboxylic acids is 1. The molecule has 2 aliphatic rings. The van der Waals surface area contributed by atoms with Crippen LogP contribution in [0.5, 0.6) is 0 Å². The molecule has 0 saturated heterocycles. The van der Waals surface area contributed by atoms with Crippen LogP contribution in [-0.2, 0) is 11.3 Å². The molecule has 3 aromatic rings. The average molecular weight is 374 g/mol. The maximum atomic E-state index is 13.4. The fourth-order valence-electron chi connectivity index (χ4n) is 4.16. The van der Waals surface area contributed by atoms with E-state index in [0.717, 1.165) is 28.0 Å². The second kappa shape index (κ2) is 6.07. The topological polar surface area (TPSA) is 38.7 Å². The second-order valence-electron chi connectivity index (χ2n) is 6.97. The summed E-state index contributed by atoms with van der Waals surface area (Å²) in [6.07, 6.45) is 0.516. The first-order valence-corrected chi connectivity index (χ1v) is 9.26. The van der Waals surface area contributed by atoms with Crippen LogP contribution in [0.2, 0.25) is 5.02 Å². The number of fused-ring (bicyclic) bond motifs is 1. The van der Waals surface area contributed by atoms with E-state index in [0.29, 0.717) is 11.4 Å². The largest absolute Gasteiger partial charge is 0.379 e. The molecule has 1 heterocycles. The van der Waals surface area contributed by atoms with Crippen LogP contribution in [0.3, 0.4) is 0 Å². The van der Waals surface area contributed by atoms with Crippen molar-refractivity contribution in [2.45, 2.75) is 17.9 Å². The molecule has 27 heavy (non-hydrogen) atoms. The number of hydrogen-bond donors (Lipinski definition) is 0. The van der Waals surface area contributed by atoms with Crippen LogP contribution in [-0.4, -0.2) is 17.1 Å². The maximum absolute atomic E-state index is 13.4. The molecule has 132 valence electrons. The van der Waals surface area contributed by atoms with Gasteiger partial charge in [-0.25, -0.2) is 0 Å². The Hall–Kier alpha value is -2.91. The third kappa shape index (κ3) is 2.42. The van der Waals surface area contributed by atoms with E-state index in [4.69, 9.17) is 16.4 Å². The number of rotatable bonds is 2. The van der Waals surface area contributed by atoms with Crippen LogP contribution in [0.4, 0.5) is 0 Å². The summed E-state index contributed by atoms with van der Waals surface area (Å²) in [6.45, 7) is 0. The molecule has 0 aromatic heterocycles. The van der Waals surface area contributed by atoms with Crippen molar-refractivity contribution in [1.82, 2.24) is 0 Å². The minimum atomic E-state index is -1.03. The molecule has 0 radical (unpaired) electrons. The highest BCUT2D eigenvalue weighted by Crippen LogP contribution is 2.48. The number of benzene rings is 3. The molecule has 2 unspecified atom stereocenters. The van der Waals surface area contributed by atoms with Crippen molar-refractivity contribution in [1.29, 1.82) is 0 Å². The maximum Gasteiger partial charge on any atom is 0.216 e. The van der Waals surface area contributed by atoms with Gasteiger partial charge in [0.25, 0.3) is 0 Å². The summed E-state index contributed by atoms with van der Waals surface area (Å²) >= 11 is 6.05. The lowest BCUT2D eigenvalue weighted by Gasteiger charge is -2.28. The highest BCUT2D eigenvalue weighted by Gasteiger charge is 2.59. The summed E-state index contributed by atoms with van der Waals surface area (Å²) < 4.78 is 0. The van der Waals surface area contributed by atoms with Gasteiger partial charge in [0, 0.05) is 22.6 Å². The lowest BCUT2D eigenvalue weighted by atomic mass is 9.75. The van der Waals surface area contributed by atoms with E-state index >= 15 is 0 Å². The van der Waals surface area contributed by atoms with Gasteiger partial charge in [-0.3, -0.25) is 4.79 Å². The zero-order valence-corrected chi connectivity index (χ0v) is 15.2. The number of ketones is 1. The molecule has 1 aliphatic carbocycles. The summed E-state index contributed by atoms with van der Waals surface area (Å²) in [5.74, 6) is -0.278. The van der Waals surface area contributed by atoms with E-state index in [1.807, 2.05) is 78.9 Å². The molecule has 3 nitrogen and oxygen atoms in total. The van der Waals surface area contributed by atoms with Gasteiger partial charge in [-0.1, -0.05) is 83.5 Å². The summed E-state index contributed by atoms with van der Waals surface area (Å²) in [5.41, 5.74) is 3.40. The standard InChI is InChI=1S/C23H16ClNO2/c24-18-12-10-16(11-13-18)21-20(15-6-2-1-3-7-15)23(27-25-21)14-17-8-4-5-9-19(17)22(23)26/h1-13,20H,14H2. The van der Waals surface area contributed by atoms with Crippen molar-refractivity contribution < 1.29 is 9.63 Å². The summed E-state index contributed by atoms with van der Waals surface area (Å²) in [5, 5.41) is 5.08. The Balaban J connectivity index is 1.66. The molecule has 1 spiro atoms. The number of Topliss-reactive ketones (excluding diaryl/α,β-unsaturated/α-hetero) is 1. The van der Waals surface area contributed by atoms with Crippen LogP contribution in [0.1, 0.15) is 33.0 Å². The first kappa shape index (κ1) is 16.3. The van der Waals surface area contributed by atoms with Gasteiger partial charge in [-0.05, 0) is 23.3 Å². The summed E-state index contributed by atoms with van der Waals surface area (Å²) in [6, 6.07) is 25.2. The van der Waals surface area contributed by atoms with Crippen molar-refractivity contribution in [3.63, 3.8) is 0 Å². The van der Waals surface area contributed by atoms with Crippen LogP contribution in [0.15, 0.2) is 84.0 Å². The van der Waals surface area contributed by atoms with E-state index < -0.39 is 5.60 Å². The van der Waals surface area contributed by atoms with E-state index in [-0.39, 0.29) is 11.7 Å². The van der Waals surface area contributed by atoms with Crippen molar-refractivity contribution in [2.24, 2.45) is 5.16 Å². The SMILES string of the molecule is O=C1c2ccccc2CC12ON=C(c1ccc(Cl)cc1)C2c1ccccc1. The van der Waals surface area contributed by atoms with Gasteiger partial charge in [0.05, 0.1) is 11.6 Å². The highest BCUT2D eigenvalue weighted by atomic mass is 35.5. The van der Waals surface area contributed by atoms with E-state index in [2.05, 4.69) is 5.16 Å². The molecule has 4 heteroatoms. The average Bonchev–Trinajstić information content (AvgIpc) is 3.22. The van der Waals surface area contributed by atoms with Gasteiger partial charge in [0.15, 0.2) is 0 Å². The van der Waals surface area contributed by atoms with Crippen molar-refractivity contribution in [3.05, 3.63) is 106 Å². The van der Waals surface area contributed by atoms with Crippen LogP contribution in [0, 0.1) is 0 Å². The normalized spacial score (nSPS) is 23.2. The fraction of sp³-hybridized carbons (Fsp3) is 0.130. The molecule has 3 aromatic carbocycles. The van der Waals surface area contributed by atoms with Crippen molar-refractivity contribution >= 4 is 23.1 Å². The van der Waals surface area contributed by atoms with Crippen LogP contribution >= 0.6 is 11.6 Å². The predicted octanol–water partition coefficient (Wildman–Crippen LogP) is 5.04. The number of halogens is 1. The molecule has 2 atom stereocenters. The Bertz CT molecular complexity index is 1060. The fourth-order valence-corrected chi connectivity index (χ4v) is 4.29. The molecular weight excluding hydrogens is 358 g/mol. The van der Waals surface area contributed by atoms with Crippen LogP contribution < -0.4 is 0 Å². The third-order valence-electron chi connectivity index (χ3n) is 5.42. The zero-order chi connectivity index (χ0) is 18.4. The van der Waals surface area contributed by atoms with Gasteiger partial charge in [-0.15, -0.1) is 0 Å². The Kier molecular flexibility index (Phi) is 3.66. The predicted molar refractivity (Wildman–Crippen MR) is 105 cm³/mol. The third-order valence-corrected chi connectivity index (χ3v) is 5.67. The number of hydrogen-bond acceptors (Lipinski definition) is 3. The Morgan fingerprint density at radius 3 is 2.37 bits per heavy atom. The van der Waals surface area contributed by atoms with Gasteiger partial charge < -0.3 is 4.84 Å². The molecule has 0 bridgehead atoms. The Morgan fingerprint density at radius 1 is 0.926 bits per heavy atom. The Labute approximate surface area is 162 Å². The Morgan fingerprint density at radius 2 is 1.63 bits per heavy atom. The van der Waals surface area contributed by atoms with Gasteiger partial charge >= 0.3 is 0 Å². The lowest BCUT2D eigenvalue weighted by Crippen LogP contribution is -2.43. The van der Waals surface area contributed by atoms with E-state index in [1.54, 1.807) is 0 Å². The van der Waals surface area contributed by atoms with Gasteiger partial charge in [0.2, 0.25) is 11.4 Å².